The molecule has 1 saturated heterocycles. The average molecular weight is 363 g/mol. The molecule has 0 unspecified atom stereocenters. The number of benzene rings is 1. The Morgan fingerprint density at radius 2 is 2.08 bits per heavy atom. The van der Waals surface area contributed by atoms with Crippen molar-refractivity contribution in [1.29, 1.82) is 0 Å². The van der Waals surface area contributed by atoms with Crippen LogP contribution in [0.5, 0.6) is 0 Å². The van der Waals surface area contributed by atoms with E-state index >= 15 is 0 Å². The molecular formula is C16H21N5O3S. The van der Waals surface area contributed by atoms with Gasteiger partial charge < -0.3 is 16.2 Å². The maximum atomic E-state index is 13.1. The van der Waals surface area contributed by atoms with Crippen molar-refractivity contribution >= 4 is 21.8 Å². The van der Waals surface area contributed by atoms with Crippen LogP contribution in [0, 0.1) is 6.92 Å². The molecule has 0 spiro atoms. The van der Waals surface area contributed by atoms with E-state index in [9.17, 15) is 8.42 Å². The van der Waals surface area contributed by atoms with Crippen LogP contribution in [0.15, 0.2) is 29.3 Å². The van der Waals surface area contributed by atoms with E-state index in [1.165, 1.54) is 10.5 Å². The highest BCUT2D eigenvalue weighted by Gasteiger charge is 2.32. The van der Waals surface area contributed by atoms with E-state index in [4.69, 9.17) is 16.2 Å². The number of ether oxygens (including phenoxy) is 1. The van der Waals surface area contributed by atoms with Crippen molar-refractivity contribution in [1.82, 2.24) is 14.3 Å². The Balaban J connectivity index is 2.08. The molecule has 1 aliphatic heterocycles. The van der Waals surface area contributed by atoms with Crippen LogP contribution in [-0.2, 0) is 14.8 Å². The van der Waals surface area contributed by atoms with E-state index in [0.29, 0.717) is 36.4 Å². The van der Waals surface area contributed by atoms with Crippen molar-refractivity contribution in [3.63, 3.8) is 0 Å². The summed E-state index contributed by atoms with van der Waals surface area (Å²) in [4.78, 5) is 8.12. The van der Waals surface area contributed by atoms with Crippen molar-refractivity contribution in [2.24, 2.45) is 0 Å². The topological polar surface area (TPSA) is 124 Å². The fourth-order valence-electron chi connectivity index (χ4n) is 2.87. The molecule has 8 nitrogen and oxygen atoms in total. The summed E-state index contributed by atoms with van der Waals surface area (Å²) in [6.45, 7) is 4.71. The van der Waals surface area contributed by atoms with Gasteiger partial charge in [0, 0.05) is 24.3 Å². The lowest BCUT2D eigenvalue weighted by Gasteiger charge is -2.32. The first-order valence-corrected chi connectivity index (χ1v) is 9.33. The standard InChI is InChI=1S/C16H21N5O3S/c1-10-3-4-12(13-8-19-16(18)20-15(13)17)7-14(10)25(22,23)21-5-6-24-9-11(21)2/h3-4,7-8,11H,5-6,9H2,1-2H3,(H4,17,18,19,20)/t11-/m0/s1. The Morgan fingerprint density at radius 3 is 2.76 bits per heavy atom. The van der Waals surface area contributed by atoms with Crippen molar-refractivity contribution in [3.05, 3.63) is 30.0 Å². The zero-order valence-electron chi connectivity index (χ0n) is 14.1. The van der Waals surface area contributed by atoms with Gasteiger partial charge >= 0.3 is 0 Å². The fourth-order valence-corrected chi connectivity index (χ4v) is 4.73. The molecule has 2 heterocycles. The van der Waals surface area contributed by atoms with Gasteiger partial charge in [0.1, 0.15) is 5.82 Å². The third kappa shape index (κ3) is 3.30. The van der Waals surface area contributed by atoms with Crippen molar-refractivity contribution < 1.29 is 13.2 Å². The van der Waals surface area contributed by atoms with Crippen LogP contribution in [0.3, 0.4) is 0 Å². The van der Waals surface area contributed by atoms with Gasteiger partial charge in [-0.05, 0) is 31.0 Å². The number of nitrogens with zero attached hydrogens (tertiary/aromatic N) is 3. The monoisotopic (exact) mass is 363 g/mol. The molecule has 25 heavy (non-hydrogen) atoms. The summed E-state index contributed by atoms with van der Waals surface area (Å²) in [7, 11) is -3.65. The van der Waals surface area contributed by atoms with Gasteiger partial charge in [0.25, 0.3) is 0 Å². The lowest BCUT2D eigenvalue weighted by molar-refractivity contribution is 0.0392. The predicted octanol–water partition coefficient (Wildman–Crippen LogP) is 1.03. The van der Waals surface area contributed by atoms with Gasteiger partial charge in [0.2, 0.25) is 16.0 Å². The average Bonchev–Trinajstić information content (AvgIpc) is 2.56. The molecular weight excluding hydrogens is 342 g/mol. The van der Waals surface area contributed by atoms with Gasteiger partial charge in [-0.3, -0.25) is 0 Å². The molecule has 1 fully saturated rings. The largest absolute Gasteiger partial charge is 0.383 e. The summed E-state index contributed by atoms with van der Waals surface area (Å²) in [5.41, 5.74) is 13.3. The first-order chi connectivity index (χ1) is 11.8. The second kappa shape index (κ2) is 6.58. The van der Waals surface area contributed by atoms with E-state index in [0.717, 1.165) is 0 Å². The molecule has 1 aromatic heterocycles. The van der Waals surface area contributed by atoms with Crippen LogP contribution in [0.4, 0.5) is 11.8 Å². The quantitative estimate of drug-likeness (QED) is 0.834. The molecule has 0 bridgehead atoms. The third-order valence-corrected chi connectivity index (χ3v) is 6.38. The summed E-state index contributed by atoms with van der Waals surface area (Å²) in [5.74, 6) is 0.280. The number of aromatic nitrogens is 2. The number of nitrogen functional groups attached to an aromatic ring is 2. The van der Waals surface area contributed by atoms with Crippen molar-refractivity contribution in [3.8, 4) is 11.1 Å². The highest BCUT2D eigenvalue weighted by atomic mass is 32.2. The SMILES string of the molecule is Cc1ccc(-c2cnc(N)nc2N)cc1S(=O)(=O)N1CCOC[C@@H]1C. The smallest absolute Gasteiger partial charge is 0.243 e. The minimum absolute atomic E-state index is 0.0725. The summed E-state index contributed by atoms with van der Waals surface area (Å²) in [6.07, 6.45) is 1.50. The molecule has 4 N–H and O–H groups in total. The normalized spacial score (nSPS) is 19.0. The van der Waals surface area contributed by atoms with Crippen LogP contribution < -0.4 is 11.5 Å². The second-order valence-corrected chi connectivity index (χ2v) is 7.91. The highest BCUT2D eigenvalue weighted by Crippen LogP contribution is 2.30. The Labute approximate surface area is 146 Å². The molecule has 0 saturated carbocycles. The van der Waals surface area contributed by atoms with Gasteiger partial charge in [-0.1, -0.05) is 12.1 Å². The molecule has 3 rings (SSSR count). The van der Waals surface area contributed by atoms with Crippen LogP contribution >= 0.6 is 0 Å². The maximum Gasteiger partial charge on any atom is 0.243 e. The second-order valence-electron chi connectivity index (χ2n) is 6.05. The minimum Gasteiger partial charge on any atom is -0.383 e. The third-order valence-electron chi connectivity index (χ3n) is 4.23. The molecule has 134 valence electrons. The maximum absolute atomic E-state index is 13.1. The van der Waals surface area contributed by atoms with Crippen LogP contribution in [0.25, 0.3) is 11.1 Å². The van der Waals surface area contributed by atoms with E-state index in [2.05, 4.69) is 9.97 Å². The predicted molar refractivity (Wildman–Crippen MR) is 95.2 cm³/mol. The highest BCUT2D eigenvalue weighted by molar-refractivity contribution is 7.89. The lowest BCUT2D eigenvalue weighted by Crippen LogP contribution is -2.47. The molecule has 0 aliphatic carbocycles. The number of nitrogens with two attached hydrogens (primary N) is 2. The molecule has 1 aromatic carbocycles. The van der Waals surface area contributed by atoms with E-state index in [1.807, 2.05) is 6.92 Å². The number of aryl methyl sites for hydroxylation is 1. The van der Waals surface area contributed by atoms with Crippen molar-refractivity contribution in [2.45, 2.75) is 24.8 Å². The van der Waals surface area contributed by atoms with Gasteiger partial charge in [-0.15, -0.1) is 0 Å². The fraction of sp³-hybridized carbons (Fsp3) is 0.375. The summed E-state index contributed by atoms with van der Waals surface area (Å²) in [5, 5.41) is 0. The number of hydrogen-bond acceptors (Lipinski definition) is 7. The summed E-state index contributed by atoms with van der Waals surface area (Å²) in [6, 6.07) is 4.94. The Kier molecular flexibility index (Phi) is 4.63. The van der Waals surface area contributed by atoms with Crippen LogP contribution in [-0.4, -0.2) is 48.5 Å². The molecule has 1 atom stereocenters. The first kappa shape index (κ1) is 17.6. The Hall–Kier alpha value is -2.23. The number of rotatable bonds is 3. The number of anilines is 2. The molecule has 9 heteroatoms. The van der Waals surface area contributed by atoms with Gasteiger partial charge in [0.15, 0.2) is 0 Å². The molecule has 0 radical (unpaired) electrons. The summed E-state index contributed by atoms with van der Waals surface area (Å²) >= 11 is 0. The zero-order valence-corrected chi connectivity index (χ0v) is 15.0. The number of hydrogen-bond donors (Lipinski definition) is 2. The zero-order chi connectivity index (χ0) is 18.2. The van der Waals surface area contributed by atoms with Crippen LogP contribution in [0.2, 0.25) is 0 Å². The van der Waals surface area contributed by atoms with E-state index < -0.39 is 10.0 Å². The van der Waals surface area contributed by atoms with Crippen LogP contribution in [0.1, 0.15) is 12.5 Å². The van der Waals surface area contributed by atoms with Gasteiger partial charge in [-0.25, -0.2) is 13.4 Å². The van der Waals surface area contributed by atoms with Gasteiger partial charge in [0.05, 0.1) is 18.1 Å². The Bertz CT molecular complexity index is 901. The minimum atomic E-state index is -3.65. The summed E-state index contributed by atoms with van der Waals surface area (Å²) < 4.78 is 33.1. The molecule has 2 aromatic rings. The molecule has 0 amide bonds. The van der Waals surface area contributed by atoms with E-state index in [-0.39, 0.29) is 22.7 Å². The lowest BCUT2D eigenvalue weighted by atomic mass is 10.1. The Morgan fingerprint density at radius 1 is 1.32 bits per heavy atom. The van der Waals surface area contributed by atoms with E-state index in [1.54, 1.807) is 25.1 Å². The number of morpholine rings is 1. The number of sulfonamides is 1. The molecule has 1 aliphatic rings. The van der Waals surface area contributed by atoms with Crippen molar-refractivity contribution in [2.75, 3.05) is 31.2 Å². The first-order valence-electron chi connectivity index (χ1n) is 7.89. The van der Waals surface area contributed by atoms with Gasteiger partial charge in [-0.2, -0.15) is 9.29 Å².